The number of carbonyl (C=O) groups is 2. The van der Waals surface area contributed by atoms with Gasteiger partial charge in [-0.3, -0.25) is 14.5 Å². The molecule has 0 N–H and O–H groups in total. The highest BCUT2D eigenvalue weighted by molar-refractivity contribution is 5.95. The van der Waals surface area contributed by atoms with Crippen molar-refractivity contribution in [3.8, 4) is 0 Å². The molecule has 2 aromatic rings. The fourth-order valence-corrected chi connectivity index (χ4v) is 5.52. The summed E-state index contributed by atoms with van der Waals surface area (Å²) in [5, 5.41) is 0. The average Bonchev–Trinajstić information content (AvgIpc) is 3.32. The molecule has 32 heavy (non-hydrogen) atoms. The monoisotopic (exact) mass is 432 g/mol. The van der Waals surface area contributed by atoms with E-state index in [0.29, 0.717) is 25.4 Å². The van der Waals surface area contributed by atoms with Crippen LogP contribution >= 0.6 is 0 Å². The summed E-state index contributed by atoms with van der Waals surface area (Å²) in [7, 11) is 0. The Hall–Kier alpha value is -2.76. The van der Waals surface area contributed by atoms with E-state index in [-0.39, 0.29) is 17.7 Å². The molecule has 0 spiro atoms. The summed E-state index contributed by atoms with van der Waals surface area (Å²) in [5.74, 6) is 2.56. The summed E-state index contributed by atoms with van der Waals surface area (Å²) in [6.45, 7) is 4.16. The second kappa shape index (κ2) is 9.00. The fourth-order valence-electron chi connectivity index (χ4n) is 5.52. The third-order valence-electron chi connectivity index (χ3n) is 7.38. The molecule has 3 heterocycles. The first-order valence-corrected chi connectivity index (χ1v) is 12.1. The normalized spacial score (nSPS) is 21.7. The van der Waals surface area contributed by atoms with E-state index in [0.717, 1.165) is 47.8 Å². The number of aryl methyl sites for hydroxylation is 1. The molecule has 0 unspecified atom stereocenters. The lowest BCUT2D eigenvalue weighted by molar-refractivity contribution is -0.119. The van der Waals surface area contributed by atoms with Gasteiger partial charge in [0.1, 0.15) is 11.6 Å². The molecular weight excluding hydrogens is 400 g/mol. The van der Waals surface area contributed by atoms with Gasteiger partial charge in [-0.15, -0.1) is 0 Å². The molecular formula is C26H32N4O2. The SMILES string of the molecule is Cc1nc([C@H]2CCN(C(=O)c3ccccc3)C2)nc2c1CCC(=O)N2CC1CCCCC1. The van der Waals surface area contributed by atoms with Crippen molar-refractivity contribution in [1.82, 2.24) is 14.9 Å². The maximum absolute atomic E-state index is 12.9. The molecule has 0 radical (unpaired) electrons. The zero-order valence-electron chi connectivity index (χ0n) is 18.9. The number of hydrogen-bond donors (Lipinski definition) is 0. The number of likely N-dealkylation sites (tertiary alicyclic amines) is 1. The zero-order chi connectivity index (χ0) is 22.1. The third kappa shape index (κ3) is 4.15. The quantitative estimate of drug-likeness (QED) is 0.724. The molecule has 1 atom stereocenters. The van der Waals surface area contributed by atoms with E-state index in [1.54, 1.807) is 0 Å². The molecule has 2 amide bonds. The predicted molar refractivity (Wildman–Crippen MR) is 124 cm³/mol. The van der Waals surface area contributed by atoms with Gasteiger partial charge in [-0.05, 0) is 50.7 Å². The minimum Gasteiger partial charge on any atom is -0.338 e. The van der Waals surface area contributed by atoms with Crippen molar-refractivity contribution in [3.63, 3.8) is 0 Å². The Kier molecular flexibility index (Phi) is 5.94. The molecule has 5 rings (SSSR count). The van der Waals surface area contributed by atoms with Gasteiger partial charge < -0.3 is 4.90 Å². The highest BCUT2D eigenvalue weighted by Gasteiger charge is 2.34. The summed E-state index contributed by atoms with van der Waals surface area (Å²) in [5.41, 5.74) is 2.83. The predicted octanol–water partition coefficient (Wildman–Crippen LogP) is 4.27. The minimum absolute atomic E-state index is 0.0666. The average molecular weight is 433 g/mol. The van der Waals surface area contributed by atoms with Crippen molar-refractivity contribution in [1.29, 1.82) is 0 Å². The minimum atomic E-state index is 0.0666. The Balaban J connectivity index is 1.37. The largest absolute Gasteiger partial charge is 0.338 e. The molecule has 1 aromatic heterocycles. The first-order chi connectivity index (χ1) is 15.6. The second-order valence-electron chi connectivity index (χ2n) is 9.58. The molecule has 6 nitrogen and oxygen atoms in total. The highest BCUT2D eigenvalue weighted by Crippen LogP contribution is 2.34. The first kappa shape index (κ1) is 21.1. The molecule has 168 valence electrons. The van der Waals surface area contributed by atoms with E-state index in [9.17, 15) is 9.59 Å². The van der Waals surface area contributed by atoms with Gasteiger partial charge in [-0.1, -0.05) is 37.5 Å². The number of benzene rings is 1. The van der Waals surface area contributed by atoms with Crippen LogP contribution in [0, 0.1) is 12.8 Å². The van der Waals surface area contributed by atoms with Gasteiger partial charge in [0.05, 0.1) is 0 Å². The summed E-state index contributed by atoms with van der Waals surface area (Å²) in [6, 6.07) is 9.45. The Morgan fingerprint density at radius 1 is 1.03 bits per heavy atom. The van der Waals surface area contributed by atoms with Gasteiger partial charge in [0.25, 0.3) is 5.91 Å². The lowest BCUT2D eigenvalue weighted by atomic mass is 9.88. The summed E-state index contributed by atoms with van der Waals surface area (Å²) < 4.78 is 0. The van der Waals surface area contributed by atoms with E-state index in [4.69, 9.17) is 9.97 Å². The first-order valence-electron chi connectivity index (χ1n) is 12.1. The van der Waals surface area contributed by atoms with Gasteiger partial charge in [0.15, 0.2) is 0 Å². The van der Waals surface area contributed by atoms with Crippen molar-refractivity contribution in [2.75, 3.05) is 24.5 Å². The molecule has 1 aromatic carbocycles. The Bertz CT molecular complexity index is 1000. The number of carbonyl (C=O) groups excluding carboxylic acids is 2. The van der Waals surface area contributed by atoms with Crippen LogP contribution in [0.3, 0.4) is 0 Å². The number of nitrogens with zero attached hydrogens (tertiary/aromatic N) is 4. The third-order valence-corrected chi connectivity index (χ3v) is 7.38. The topological polar surface area (TPSA) is 66.4 Å². The molecule has 3 aliphatic rings. The van der Waals surface area contributed by atoms with Gasteiger partial charge in [0.2, 0.25) is 5.91 Å². The molecule has 0 bridgehead atoms. The molecule has 2 aliphatic heterocycles. The molecule has 2 fully saturated rings. The zero-order valence-corrected chi connectivity index (χ0v) is 18.9. The smallest absolute Gasteiger partial charge is 0.253 e. The Morgan fingerprint density at radius 2 is 1.81 bits per heavy atom. The molecule has 1 saturated carbocycles. The number of fused-ring (bicyclic) bond motifs is 1. The Labute approximate surface area is 190 Å². The second-order valence-corrected chi connectivity index (χ2v) is 9.58. The van der Waals surface area contributed by atoms with E-state index < -0.39 is 0 Å². The van der Waals surface area contributed by atoms with Crippen LogP contribution in [0.5, 0.6) is 0 Å². The van der Waals surface area contributed by atoms with Crippen LogP contribution in [-0.2, 0) is 11.2 Å². The van der Waals surface area contributed by atoms with Crippen molar-refractivity contribution in [3.05, 3.63) is 53.0 Å². The van der Waals surface area contributed by atoms with Crippen molar-refractivity contribution < 1.29 is 9.59 Å². The number of amides is 2. The maximum atomic E-state index is 12.9. The van der Waals surface area contributed by atoms with Crippen molar-refractivity contribution >= 4 is 17.6 Å². The van der Waals surface area contributed by atoms with Crippen molar-refractivity contribution in [2.45, 2.75) is 64.2 Å². The van der Waals surface area contributed by atoms with E-state index in [1.807, 2.05) is 47.1 Å². The van der Waals surface area contributed by atoms with Crippen LogP contribution in [0.1, 0.15) is 78.3 Å². The van der Waals surface area contributed by atoms with Gasteiger partial charge >= 0.3 is 0 Å². The van der Waals surface area contributed by atoms with Crippen LogP contribution in [0.25, 0.3) is 0 Å². The van der Waals surface area contributed by atoms with E-state index in [1.165, 1.54) is 32.1 Å². The van der Waals surface area contributed by atoms with Gasteiger partial charge in [0, 0.05) is 48.8 Å². The number of rotatable bonds is 4. The van der Waals surface area contributed by atoms with Crippen LogP contribution < -0.4 is 4.90 Å². The van der Waals surface area contributed by atoms with Crippen LogP contribution in [-0.4, -0.2) is 46.3 Å². The van der Waals surface area contributed by atoms with Crippen molar-refractivity contribution in [2.24, 2.45) is 5.92 Å². The number of hydrogen-bond acceptors (Lipinski definition) is 4. The van der Waals surface area contributed by atoms with Gasteiger partial charge in [-0.25, -0.2) is 9.97 Å². The lowest BCUT2D eigenvalue weighted by Crippen LogP contribution is -2.40. The number of aromatic nitrogens is 2. The Morgan fingerprint density at radius 3 is 2.59 bits per heavy atom. The summed E-state index contributed by atoms with van der Waals surface area (Å²) in [6.07, 6.45) is 8.38. The fraction of sp³-hybridized carbons (Fsp3) is 0.538. The summed E-state index contributed by atoms with van der Waals surface area (Å²) >= 11 is 0. The van der Waals surface area contributed by atoms with Crippen LogP contribution in [0.4, 0.5) is 5.82 Å². The molecule has 1 aliphatic carbocycles. The van der Waals surface area contributed by atoms with Crippen LogP contribution in [0.2, 0.25) is 0 Å². The molecule has 1 saturated heterocycles. The van der Waals surface area contributed by atoms with E-state index in [2.05, 4.69) is 0 Å². The lowest BCUT2D eigenvalue weighted by Gasteiger charge is -2.33. The van der Waals surface area contributed by atoms with Crippen LogP contribution in [0.15, 0.2) is 30.3 Å². The highest BCUT2D eigenvalue weighted by atomic mass is 16.2. The maximum Gasteiger partial charge on any atom is 0.253 e. The summed E-state index contributed by atoms with van der Waals surface area (Å²) in [4.78, 5) is 39.4. The standard InChI is InChI=1S/C26H32N4O2/c1-18-22-12-13-23(31)30(16-19-8-4-2-5-9-19)25(22)28-24(27-18)21-14-15-29(17-21)26(32)20-10-6-3-7-11-20/h3,6-7,10-11,19,21H,2,4-5,8-9,12-17H2,1H3/t21-/m0/s1. The van der Waals surface area contributed by atoms with Gasteiger partial charge in [-0.2, -0.15) is 0 Å². The molecule has 6 heteroatoms. The number of anilines is 1. The van der Waals surface area contributed by atoms with E-state index >= 15 is 0 Å².